The Morgan fingerprint density at radius 1 is 1.10 bits per heavy atom. The summed E-state index contributed by atoms with van der Waals surface area (Å²) in [6.45, 7) is 1.47. The van der Waals surface area contributed by atoms with Crippen molar-refractivity contribution in [1.82, 2.24) is 9.62 Å². The zero-order valence-electron chi connectivity index (χ0n) is 16.3. The van der Waals surface area contributed by atoms with E-state index < -0.39 is 15.9 Å². The maximum Gasteiger partial charge on any atom is 0.251 e. The van der Waals surface area contributed by atoms with Crippen molar-refractivity contribution >= 4 is 27.5 Å². The zero-order valence-corrected chi connectivity index (χ0v) is 17.9. The highest BCUT2D eigenvalue weighted by molar-refractivity contribution is 7.89. The summed E-state index contributed by atoms with van der Waals surface area (Å²) in [6, 6.07) is 11.6. The molecule has 0 bridgehead atoms. The second-order valence-electron chi connectivity index (χ2n) is 7.32. The molecule has 0 saturated carbocycles. The van der Waals surface area contributed by atoms with Crippen LogP contribution in [0.15, 0.2) is 47.4 Å². The van der Waals surface area contributed by atoms with Crippen LogP contribution >= 0.6 is 11.6 Å². The molecule has 2 aromatic rings. The first kappa shape index (κ1) is 21.0. The summed E-state index contributed by atoms with van der Waals surface area (Å²) in [5.41, 5.74) is 0.229. The van der Waals surface area contributed by atoms with Gasteiger partial charge in [-0.2, -0.15) is 4.31 Å². The minimum absolute atomic E-state index is 0.0371. The monoisotopic (exact) mass is 450 g/mol. The lowest BCUT2D eigenvalue weighted by atomic mass is 10.2. The van der Waals surface area contributed by atoms with Gasteiger partial charge in [0.1, 0.15) is 17.6 Å². The third-order valence-electron chi connectivity index (χ3n) is 5.18. The molecule has 1 amide bonds. The third kappa shape index (κ3) is 4.40. The molecule has 2 aromatic carbocycles. The van der Waals surface area contributed by atoms with Crippen molar-refractivity contribution in [2.75, 3.05) is 26.2 Å². The van der Waals surface area contributed by atoms with E-state index in [4.69, 9.17) is 21.1 Å². The third-order valence-corrected chi connectivity index (χ3v) is 7.56. The number of carbonyl (C=O) groups is 1. The standard InChI is InChI=1S/C21H23ClN2O5S/c22-17-9-8-15(12-20(17)30(26,27)24-10-4-1-5-11-24)21(25)23-13-16-14-28-18-6-2-3-7-19(18)29-16/h2-3,6-9,12,16H,1,4-5,10-11,13-14H2,(H,23,25). The van der Waals surface area contributed by atoms with Gasteiger partial charge in [0.2, 0.25) is 10.0 Å². The van der Waals surface area contributed by atoms with E-state index in [9.17, 15) is 13.2 Å². The molecule has 0 radical (unpaired) electrons. The number of halogens is 1. The minimum atomic E-state index is -3.74. The van der Waals surface area contributed by atoms with Gasteiger partial charge in [-0.1, -0.05) is 30.2 Å². The van der Waals surface area contributed by atoms with Crippen LogP contribution < -0.4 is 14.8 Å². The van der Waals surface area contributed by atoms with Gasteiger partial charge in [-0.25, -0.2) is 8.42 Å². The summed E-state index contributed by atoms with van der Waals surface area (Å²) in [6.07, 6.45) is 2.32. The van der Waals surface area contributed by atoms with Crippen LogP contribution in [0.4, 0.5) is 0 Å². The number of ether oxygens (including phenoxy) is 2. The maximum atomic E-state index is 13.0. The SMILES string of the molecule is O=C(NCC1COc2ccccc2O1)c1ccc(Cl)c(S(=O)(=O)N2CCCCC2)c1. The normalized spacial score (nSPS) is 19.3. The summed E-state index contributed by atoms with van der Waals surface area (Å²) in [5.74, 6) is 0.902. The van der Waals surface area contributed by atoms with Crippen LogP contribution in [0.3, 0.4) is 0 Å². The van der Waals surface area contributed by atoms with E-state index in [0.29, 0.717) is 31.2 Å². The molecule has 0 spiro atoms. The Morgan fingerprint density at radius 3 is 2.60 bits per heavy atom. The number of sulfonamides is 1. The molecule has 2 aliphatic rings. The molecule has 1 unspecified atom stereocenters. The van der Waals surface area contributed by atoms with Gasteiger partial charge in [-0.15, -0.1) is 0 Å². The van der Waals surface area contributed by atoms with Gasteiger partial charge in [0.25, 0.3) is 5.91 Å². The first-order valence-electron chi connectivity index (χ1n) is 9.91. The lowest BCUT2D eigenvalue weighted by Gasteiger charge is -2.27. The Kier molecular flexibility index (Phi) is 6.17. The van der Waals surface area contributed by atoms with Gasteiger partial charge in [0.15, 0.2) is 11.5 Å². The molecule has 2 heterocycles. The number of para-hydroxylation sites is 2. The molecule has 1 N–H and O–H groups in total. The fourth-order valence-corrected chi connectivity index (χ4v) is 5.58. The van der Waals surface area contributed by atoms with Gasteiger partial charge in [-0.05, 0) is 43.2 Å². The van der Waals surface area contributed by atoms with Crippen molar-refractivity contribution in [3.63, 3.8) is 0 Å². The lowest BCUT2D eigenvalue weighted by Crippen LogP contribution is -2.40. The Hall–Kier alpha value is -2.29. The van der Waals surface area contributed by atoms with Crippen LogP contribution in [0.25, 0.3) is 0 Å². The maximum absolute atomic E-state index is 13.0. The molecule has 9 heteroatoms. The molecular weight excluding hydrogens is 428 g/mol. The fourth-order valence-electron chi connectivity index (χ4n) is 3.56. The van der Waals surface area contributed by atoms with Gasteiger partial charge < -0.3 is 14.8 Å². The predicted molar refractivity (Wildman–Crippen MR) is 113 cm³/mol. The Labute approximate surface area is 181 Å². The number of hydrogen-bond donors (Lipinski definition) is 1. The second-order valence-corrected chi connectivity index (χ2v) is 9.63. The van der Waals surface area contributed by atoms with Crippen LogP contribution in [-0.2, 0) is 10.0 Å². The van der Waals surface area contributed by atoms with E-state index >= 15 is 0 Å². The molecule has 160 valence electrons. The van der Waals surface area contributed by atoms with Crippen molar-refractivity contribution in [3.05, 3.63) is 53.1 Å². The largest absolute Gasteiger partial charge is 0.486 e. The number of carbonyl (C=O) groups excluding carboxylic acids is 1. The molecule has 0 aromatic heterocycles. The van der Waals surface area contributed by atoms with E-state index in [1.807, 2.05) is 18.2 Å². The molecule has 0 aliphatic carbocycles. The summed E-state index contributed by atoms with van der Waals surface area (Å²) < 4.78 is 38.9. The Bertz CT molecular complexity index is 1040. The molecule has 7 nitrogen and oxygen atoms in total. The summed E-state index contributed by atoms with van der Waals surface area (Å²) in [5, 5.41) is 2.89. The lowest BCUT2D eigenvalue weighted by molar-refractivity contribution is 0.0789. The molecule has 1 atom stereocenters. The topological polar surface area (TPSA) is 84.9 Å². The number of benzene rings is 2. The van der Waals surface area contributed by atoms with Crippen LogP contribution in [0.5, 0.6) is 11.5 Å². The smallest absolute Gasteiger partial charge is 0.251 e. The fraction of sp³-hybridized carbons (Fsp3) is 0.381. The van der Waals surface area contributed by atoms with Gasteiger partial charge >= 0.3 is 0 Å². The molecule has 4 rings (SSSR count). The van der Waals surface area contributed by atoms with Crippen molar-refractivity contribution in [1.29, 1.82) is 0 Å². The minimum Gasteiger partial charge on any atom is -0.486 e. The number of hydrogen-bond acceptors (Lipinski definition) is 5. The zero-order chi connectivity index (χ0) is 21.1. The van der Waals surface area contributed by atoms with Crippen LogP contribution in [0.2, 0.25) is 5.02 Å². The quantitative estimate of drug-likeness (QED) is 0.756. The molecule has 1 fully saturated rings. The highest BCUT2D eigenvalue weighted by atomic mass is 35.5. The number of fused-ring (bicyclic) bond motifs is 1. The van der Waals surface area contributed by atoms with E-state index in [2.05, 4.69) is 5.32 Å². The van der Waals surface area contributed by atoms with Crippen LogP contribution in [-0.4, -0.2) is 51.0 Å². The summed E-state index contributed by atoms with van der Waals surface area (Å²) in [7, 11) is -3.74. The average molecular weight is 451 g/mol. The van der Waals surface area contributed by atoms with Gasteiger partial charge in [0, 0.05) is 18.7 Å². The Morgan fingerprint density at radius 2 is 1.83 bits per heavy atom. The number of amides is 1. The summed E-state index contributed by atoms with van der Waals surface area (Å²) in [4.78, 5) is 12.6. The molecule has 1 saturated heterocycles. The average Bonchev–Trinajstić information content (AvgIpc) is 2.78. The van der Waals surface area contributed by atoms with Crippen molar-refractivity contribution in [2.45, 2.75) is 30.3 Å². The van der Waals surface area contributed by atoms with E-state index in [0.717, 1.165) is 19.3 Å². The molecular formula is C21H23ClN2O5S. The number of piperidine rings is 1. The molecule has 2 aliphatic heterocycles. The van der Waals surface area contributed by atoms with E-state index in [1.165, 1.54) is 22.5 Å². The van der Waals surface area contributed by atoms with Gasteiger partial charge in [-0.3, -0.25) is 4.79 Å². The second kappa shape index (κ2) is 8.83. The highest BCUT2D eigenvalue weighted by Gasteiger charge is 2.29. The predicted octanol–water partition coefficient (Wildman–Crippen LogP) is 3.08. The first-order chi connectivity index (χ1) is 14.4. The van der Waals surface area contributed by atoms with Crippen molar-refractivity contribution in [2.24, 2.45) is 0 Å². The van der Waals surface area contributed by atoms with Crippen molar-refractivity contribution < 1.29 is 22.7 Å². The number of nitrogens with one attached hydrogen (secondary N) is 1. The highest BCUT2D eigenvalue weighted by Crippen LogP contribution is 2.31. The Balaban J connectivity index is 1.44. The van der Waals surface area contributed by atoms with Crippen LogP contribution in [0.1, 0.15) is 29.6 Å². The van der Waals surface area contributed by atoms with Crippen molar-refractivity contribution in [3.8, 4) is 11.5 Å². The first-order valence-corrected chi connectivity index (χ1v) is 11.7. The van der Waals surface area contributed by atoms with Gasteiger partial charge in [0.05, 0.1) is 11.6 Å². The molecule has 30 heavy (non-hydrogen) atoms. The number of nitrogens with zero attached hydrogens (tertiary/aromatic N) is 1. The van der Waals surface area contributed by atoms with E-state index in [1.54, 1.807) is 6.07 Å². The van der Waals surface area contributed by atoms with Crippen LogP contribution in [0, 0.1) is 0 Å². The number of rotatable bonds is 5. The summed E-state index contributed by atoms with van der Waals surface area (Å²) >= 11 is 6.18. The van der Waals surface area contributed by atoms with E-state index in [-0.39, 0.29) is 28.1 Å².